The molecule has 16 heavy (non-hydrogen) atoms. The highest BCUT2D eigenvalue weighted by Gasteiger charge is 2.32. The average molecular weight is 228 g/mol. The lowest BCUT2D eigenvalue weighted by Crippen LogP contribution is -2.46. The first-order valence-electron chi connectivity index (χ1n) is 5.67. The number of carboxylic acids is 1. The number of carboxylic acid groups (broad SMARTS) is 1. The second kappa shape index (κ2) is 5.18. The Balaban J connectivity index is 2.35. The quantitative estimate of drug-likeness (QED) is 0.745. The summed E-state index contributed by atoms with van der Waals surface area (Å²) in [5.41, 5.74) is 0. The van der Waals surface area contributed by atoms with Crippen molar-refractivity contribution in [3.05, 3.63) is 0 Å². The molecule has 0 spiro atoms. The lowest BCUT2D eigenvalue weighted by atomic mass is 10.2. The van der Waals surface area contributed by atoms with Crippen LogP contribution in [-0.2, 0) is 4.79 Å². The van der Waals surface area contributed by atoms with E-state index in [0.717, 1.165) is 0 Å². The van der Waals surface area contributed by atoms with E-state index in [-0.39, 0.29) is 24.5 Å². The first kappa shape index (κ1) is 12.8. The van der Waals surface area contributed by atoms with Gasteiger partial charge in [-0.3, -0.25) is 4.79 Å². The highest BCUT2D eigenvalue weighted by molar-refractivity contribution is 5.75. The van der Waals surface area contributed by atoms with Crippen molar-refractivity contribution >= 4 is 12.0 Å². The van der Waals surface area contributed by atoms with Crippen molar-refractivity contribution in [3.63, 3.8) is 0 Å². The van der Waals surface area contributed by atoms with Crippen LogP contribution >= 0.6 is 0 Å². The molecule has 92 valence electrons. The van der Waals surface area contributed by atoms with Crippen LogP contribution in [0.1, 0.15) is 33.1 Å². The Hall–Kier alpha value is -1.26. The number of hydrogen-bond acceptors (Lipinski definition) is 2. The van der Waals surface area contributed by atoms with E-state index >= 15 is 0 Å². The molecule has 2 N–H and O–H groups in total. The topological polar surface area (TPSA) is 69.6 Å². The molecule has 1 rings (SSSR count). The van der Waals surface area contributed by atoms with E-state index in [1.807, 2.05) is 6.92 Å². The molecule has 1 saturated carbocycles. The number of nitrogens with one attached hydrogen (secondary N) is 1. The number of rotatable bonds is 5. The van der Waals surface area contributed by atoms with E-state index in [4.69, 9.17) is 5.11 Å². The van der Waals surface area contributed by atoms with Gasteiger partial charge in [0, 0.05) is 19.1 Å². The zero-order chi connectivity index (χ0) is 12.3. The van der Waals surface area contributed by atoms with Crippen LogP contribution in [0.2, 0.25) is 0 Å². The lowest BCUT2D eigenvalue weighted by molar-refractivity contribution is -0.137. The maximum atomic E-state index is 11.7. The minimum atomic E-state index is -0.898. The maximum absolute atomic E-state index is 11.7. The van der Waals surface area contributed by atoms with Gasteiger partial charge in [0.05, 0.1) is 6.42 Å². The lowest BCUT2D eigenvalue weighted by Gasteiger charge is -2.26. The van der Waals surface area contributed by atoms with Gasteiger partial charge in [0.25, 0.3) is 0 Å². The fourth-order valence-corrected chi connectivity index (χ4v) is 1.71. The smallest absolute Gasteiger partial charge is 0.317 e. The summed E-state index contributed by atoms with van der Waals surface area (Å²) in [4.78, 5) is 23.8. The average Bonchev–Trinajstić information content (AvgIpc) is 2.96. The van der Waals surface area contributed by atoms with E-state index in [9.17, 15) is 9.59 Å². The van der Waals surface area contributed by atoms with Crippen LogP contribution in [0, 0.1) is 5.92 Å². The number of carbonyl (C=O) groups is 2. The van der Waals surface area contributed by atoms with E-state index in [1.54, 1.807) is 18.9 Å². The third kappa shape index (κ3) is 3.72. The highest BCUT2D eigenvalue weighted by atomic mass is 16.4. The van der Waals surface area contributed by atoms with Gasteiger partial charge in [0.15, 0.2) is 0 Å². The van der Waals surface area contributed by atoms with Crippen LogP contribution in [0.25, 0.3) is 0 Å². The molecular weight excluding hydrogens is 208 g/mol. The van der Waals surface area contributed by atoms with Gasteiger partial charge in [0.1, 0.15) is 0 Å². The molecule has 1 aliphatic rings. The standard InChI is InChI=1S/C11H20N2O3/c1-7(6-10(14)15)12-11(16)13(3)8(2)9-4-5-9/h7-9H,4-6H2,1-3H3,(H,12,16)(H,14,15). The molecule has 2 atom stereocenters. The summed E-state index contributed by atoms with van der Waals surface area (Å²) >= 11 is 0. The van der Waals surface area contributed by atoms with Crippen molar-refractivity contribution in [2.75, 3.05) is 7.05 Å². The van der Waals surface area contributed by atoms with Gasteiger partial charge in [-0.2, -0.15) is 0 Å². The normalized spacial score (nSPS) is 18.7. The second-order valence-electron chi connectivity index (χ2n) is 4.64. The van der Waals surface area contributed by atoms with Gasteiger partial charge in [-0.25, -0.2) is 4.79 Å². The molecule has 0 aromatic carbocycles. The van der Waals surface area contributed by atoms with Gasteiger partial charge in [-0.05, 0) is 32.6 Å². The third-order valence-corrected chi connectivity index (χ3v) is 3.09. The monoisotopic (exact) mass is 228 g/mol. The molecule has 0 saturated heterocycles. The minimum absolute atomic E-state index is 0.0443. The van der Waals surface area contributed by atoms with E-state index in [1.165, 1.54) is 12.8 Å². The summed E-state index contributed by atoms with van der Waals surface area (Å²) in [7, 11) is 1.76. The zero-order valence-corrected chi connectivity index (χ0v) is 10.1. The first-order valence-corrected chi connectivity index (χ1v) is 5.67. The predicted molar refractivity (Wildman–Crippen MR) is 60.2 cm³/mol. The number of nitrogens with zero attached hydrogens (tertiary/aromatic N) is 1. The molecule has 0 aromatic rings. The maximum Gasteiger partial charge on any atom is 0.317 e. The molecule has 0 aliphatic heterocycles. The van der Waals surface area contributed by atoms with Crippen molar-refractivity contribution < 1.29 is 14.7 Å². The van der Waals surface area contributed by atoms with Crippen LogP contribution in [0.15, 0.2) is 0 Å². The van der Waals surface area contributed by atoms with Crippen LogP contribution in [0.3, 0.4) is 0 Å². The molecule has 5 heteroatoms. The van der Waals surface area contributed by atoms with Gasteiger partial charge >= 0.3 is 12.0 Å². The molecule has 0 radical (unpaired) electrons. The van der Waals surface area contributed by atoms with Gasteiger partial charge < -0.3 is 15.3 Å². The Morgan fingerprint density at radius 2 is 2.00 bits per heavy atom. The minimum Gasteiger partial charge on any atom is -0.481 e. The fraction of sp³-hybridized carbons (Fsp3) is 0.818. The van der Waals surface area contributed by atoms with E-state index in [0.29, 0.717) is 5.92 Å². The van der Waals surface area contributed by atoms with Crippen molar-refractivity contribution in [2.45, 2.75) is 45.2 Å². The summed E-state index contributed by atoms with van der Waals surface area (Å²) in [5.74, 6) is -0.281. The molecule has 0 heterocycles. The van der Waals surface area contributed by atoms with Crippen LogP contribution in [0.4, 0.5) is 4.79 Å². The van der Waals surface area contributed by atoms with Gasteiger partial charge in [0.2, 0.25) is 0 Å². The fourth-order valence-electron chi connectivity index (χ4n) is 1.71. The number of urea groups is 1. The molecule has 5 nitrogen and oxygen atoms in total. The van der Waals surface area contributed by atoms with Crippen LogP contribution in [0.5, 0.6) is 0 Å². The Morgan fingerprint density at radius 1 is 1.44 bits per heavy atom. The van der Waals surface area contributed by atoms with Crippen molar-refractivity contribution in [2.24, 2.45) is 5.92 Å². The van der Waals surface area contributed by atoms with Crippen molar-refractivity contribution in [3.8, 4) is 0 Å². The van der Waals surface area contributed by atoms with E-state index in [2.05, 4.69) is 5.32 Å². The number of aliphatic carboxylic acids is 1. The molecule has 1 aliphatic carbocycles. The number of amides is 2. The summed E-state index contributed by atoms with van der Waals surface area (Å²) in [6, 6.07) is -0.288. The second-order valence-corrected chi connectivity index (χ2v) is 4.64. The Labute approximate surface area is 95.8 Å². The summed E-state index contributed by atoms with van der Waals surface area (Å²) < 4.78 is 0. The summed E-state index contributed by atoms with van der Waals surface area (Å²) in [5, 5.41) is 11.3. The van der Waals surface area contributed by atoms with Crippen molar-refractivity contribution in [1.82, 2.24) is 10.2 Å². The Kier molecular flexibility index (Phi) is 4.15. The largest absolute Gasteiger partial charge is 0.481 e. The van der Waals surface area contributed by atoms with Gasteiger partial charge in [-0.15, -0.1) is 0 Å². The third-order valence-electron chi connectivity index (χ3n) is 3.09. The first-order chi connectivity index (χ1) is 7.41. The molecule has 2 unspecified atom stereocenters. The zero-order valence-electron chi connectivity index (χ0n) is 10.1. The van der Waals surface area contributed by atoms with Crippen molar-refractivity contribution in [1.29, 1.82) is 0 Å². The van der Waals surface area contributed by atoms with Crippen LogP contribution < -0.4 is 5.32 Å². The summed E-state index contributed by atoms with van der Waals surface area (Å²) in [6.45, 7) is 3.72. The van der Waals surface area contributed by atoms with Crippen LogP contribution in [-0.4, -0.2) is 41.1 Å². The molecule has 1 fully saturated rings. The Bertz CT molecular complexity index is 276. The molecule has 2 amide bonds. The highest BCUT2D eigenvalue weighted by Crippen LogP contribution is 2.34. The molecular formula is C11H20N2O3. The number of carbonyl (C=O) groups excluding carboxylic acids is 1. The number of hydrogen-bond donors (Lipinski definition) is 2. The van der Waals surface area contributed by atoms with Gasteiger partial charge in [-0.1, -0.05) is 0 Å². The molecule has 0 bridgehead atoms. The predicted octanol–water partition coefficient (Wildman–Crippen LogP) is 1.29. The summed E-state index contributed by atoms with van der Waals surface area (Å²) in [6.07, 6.45) is 2.32. The SMILES string of the molecule is CC(CC(=O)O)NC(=O)N(C)C(C)C1CC1. The van der Waals surface area contributed by atoms with E-state index < -0.39 is 5.97 Å². The molecule has 0 aromatic heterocycles. The Morgan fingerprint density at radius 3 is 2.44 bits per heavy atom.